The fourth-order valence-electron chi connectivity index (χ4n) is 2.31. The first-order chi connectivity index (χ1) is 9.18. The number of rotatable bonds is 3. The molecule has 0 aliphatic carbocycles. The van der Waals surface area contributed by atoms with Gasteiger partial charge in [0.25, 0.3) is 0 Å². The molecule has 1 atom stereocenters. The van der Waals surface area contributed by atoms with Gasteiger partial charge in [0.2, 0.25) is 5.91 Å². The van der Waals surface area contributed by atoms with Gasteiger partial charge in [0.05, 0.1) is 0 Å². The van der Waals surface area contributed by atoms with Gasteiger partial charge < -0.3 is 10.4 Å². The van der Waals surface area contributed by atoms with Crippen LogP contribution in [0.25, 0.3) is 0 Å². The zero-order valence-electron chi connectivity index (χ0n) is 10.7. The summed E-state index contributed by atoms with van der Waals surface area (Å²) in [7, 11) is 0. The lowest BCUT2D eigenvalue weighted by Crippen LogP contribution is -2.47. The maximum atomic E-state index is 11.9. The number of hydrogen-bond acceptors (Lipinski definition) is 2. The topological polar surface area (TPSA) is 69.6 Å². The Hall–Kier alpha value is -2.04. The lowest BCUT2D eigenvalue weighted by atomic mass is 10.1. The summed E-state index contributed by atoms with van der Waals surface area (Å²) in [6.45, 7) is 0.877. The van der Waals surface area contributed by atoms with E-state index in [1.54, 1.807) is 0 Å². The normalized spacial score (nSPS) is 19.4. The molecule has 102 valence electrons. The Balaban J connectivity index is 2.15. The fourth-order valence-corrected chi connectivity index (χ4v) is 2.31. The number of amides is 2. The van der Waals surface area contributed by atoms with Crippen molar-refractivity contribution in [2.45, 2.75) is 31.8 Å². The van der Waals surface area contributed by atoms with Gasteiger partial charge in [-0.25, -0.2) is 4.79 Å². The van der Waals surface area contributed by atoms with E-state index in [4.69, 9.17) is 0 Å². The highest BCUT2D eigenvalue weighted by atomic mass is 16.4. The van der Waals surface area contributed by atoms with Gasteiger partial charge in [0, 0.05) is 13.1 Å². The summed E-state index contributed by atoms with van der Waals surface area (Å²) >= 11 is 0. The van der Waals surface area contributed by atoms with Gasteiger partial charge in [-0.2, -0.15) is 0 Å². The molecule has 0 unspecified atom stereocenters. The third-order valence-electron chi connectivity index (χ3n) is 3.32. The van der Waals surface area contributed by atoms with E-state index in [-0.39, 0.29) is 12.5 Å². The van der Waals surface area contributed by atoms with Crippen molar-refractivity contribution in [1.29, 1.82) is 0 Å². The van der Waals surface area contributed by atoms with Crippen molar-refractivity contribution < 1.29 is 14.7 Å². The maximum Gasteiger partial charge on any atom is 0.408 e. The van der Waals surface area contributed by atoms with Gasteiger partial charge in [0.15, 0.2) is 0 Å². The minimum atomic E-state index is -1.05. The zero-order chi connectivity index (χ0) is 13.7. The van der Waals surface area contributed by atoms with E-state index in [1.807, 2.05) is 30.3 Å². The summed E-state index contributed by atoms with van der Waals surface area (Å²) in [6, 6.07) is 8.76. The first kappa shape index (κ1) is 13.4. The van der Waals surface area contributed by atoms with E-state index in [9.17, 15) is 14.7 Å². The standard InChI is InChI=1S/C14H18N2O3/c17-13-12(8-4-5-9-15-13)16(14(18)19)10-11-6-2-1-3-7-11/h1-3,6-7,12H,4-5,8-10H2,(H,15,17)(H,18,19)/t12-/m0/s1. The van der Waals surface area contributed by atoms with Gasteiger partial charge in [0.1, 0.15) is 6.04 Å². The van der Waals surface area contributed by atoms with Gasteiger partial charge in [-0.3, -0.25) is 9.69 Å². The van der Waals surface area contributed by atoms with Crippen LogP contribution in [0.4, 0.5) is 4.79 Å². The van der Waals surface area contributed by atoms with E-state index in [2.05, 4.69) is 5.32 Å². The Morgan fingerprint density at radius 3 is 2.74 bits per heavy atom. The Bertz CT molecular complexity index is 447. The third kappa shape index (κ3) is 3.47. The summed E-state index contributed by atoms with van der Waals surface area (Å²) in [5, 5.41) is 12.1. The minimum Gasteiger partial charge on any atom is -0.465 e. The fraction of sp³-hybridized carbons (Fsp3) is 0.429. The highest BCUT2D eigenvalue weighted by molar-refractivity contribution is 5.85. The average molecular weight is 262 g/mol. The van der Waals surface area contributed by atoms with Crippen LogP contribution in [-0.2, 0) is 11.3 Å². The summed E-state index contributed by atoms with van der Waals surface area (Å²) in [5.74, 6) is -0.184. The molecule has 2 amide bonds. The van der Waals surface area contributed by atoms with E-state index < -0.39 is 12.1 Å². The first-order valence-corrected chi connectivity index (χ1v) is 6.49. The number of nitrogens with zero attached hydrogens (tertiary/aromatic N) is 1. The Kier molecular flexibility index (Phi) is 4.39. The first-order valence-electron chi connectivity index (χ1n) is 6.49. The Morgan fingerprint density at radius 1 is 1.32 bits per heavy atom. The second kappa shape index (κ2) is 6.22. The van der Waals surface area contributed by atoms with Crippen LogP contribution in [0.3, 0.4) is 0 Å². The molecule has 1 heterocycles. The molecule has 1 saturated heterocycles. The predicted octanol–water partition coefficient (Wildman–Crippen LogP) is 1.84. The highest BCUT2D eigenvalue weighted by Crippen LogP contribution is 2.16. The molecule has 2 N–H and O–H groups in total. The van der Waals surface area contributed by atoms with Gasteiger partial charge in [-0.1, -0.05) is 30.3 Å². The number of nitrogens with one attached hydrogen (secondary N) is 1. The molecule has 1 aromatic carbocycles. The summed E-state index contributed by atoms with van der Waals surface area (Å²) < 4.78 is 0. The smallest absolute Gasteiger partial charge is 0.408 e. The van der Waals surface area contributed by atoms with Crippen LogP contribution in [0.1, 0.15) is 24.8 Å². The Morgan fingerprint density at radius 2 is 2.05 bits per heavy atom. The van der Waals surface area contributed by atoms with Crippen LogP contribution in [0, 0.1) is 0 Å². The second-order valence-electron chi connectivity index (χ2n) is 4.70. The molecule has 5 nitrogen and oxygen atoms in total. The predicted molar refractivity (Wildman–Crippen MR) is 70.7 cm³/mol. The lowest BCUT2D eigenvalue weighted by Gasteiger charge is -2.27. The molecule has 1 aromatic rings. The van der Waals surface area contributed by atoms with E-state index >= 15 is 0 Å². The minimum absolute atomic E-state index is 0.184. The van der Waals surface area contributed by atoms with Crippen LogP contribution >= 0.6 is 0 Å². The average Bonchev–Trinajstić information content (AvgIpc) is 2.62. The van der Waals surface area contributed by atoms with Crippen molar-refractivity contribution in [3.8, 4) is 0 Å². The summed E-state index contributed by atoms with van der Waals surface area (Å²) in [5.41, 5.74) is 0.891. The molecule has 0 bridgehead atoms. The van der Waals surface area contributed by atoms with Crippen molar-refractivity contribution >= 4 is 12.0 Å². The van der Waals surface area contributed by atoms with Gasteiger partial charge in [-0.05, 0) is 24.8 Å². The van der Waals surface area contributed by atoms with Crippen LogP contribution < -0.4 is 5.32 Å². The molecule has 1 aliphatic rings. The molecule has 1 aliphatic heterocycles. The molecule has 19 heavy (non-hydrogen) atoms. The second-order valence-corrected chi connectivity index (χ2v) is 4.70. The SMILES string of the molecule is O=C1NCCCC[C@@H]1N(Cc1ccccc1)C(=O)O. The largest absolute Gasteiger partial charge is 0.465 e. The third-order valence-corrected chi connectivity index (χ3v) is 3.32. The van der Waals surface area contributed by atoms with Crippen LogP contribution in [0.15, 0.2) is 30.3 Å². The molecule has 0 saturated carbocycles. The quantitative estimate of drug-likeness (QED) is 0.873. The van der Waals surface area contributed by atoms with Crippen LogP contribution in [-0.4, -0.2) is 34.6 Å². The molecular formula is C14H18N2O3. The molecule has 0 aromatic heterocycles. The van der Waals surface area contributed by atoms with Crippen molar-refractivity contribution in [3.05, 3.63) is 35.9 Å². The number of carbonyl (C=O) groups excluding carboxylic acids is 1. The molecular weight excluding hydrogens is 244 g/mol. The zero-order valence-corrected chi connectivity index (χ0v) is 10.7. The monoisotopic (exact) mass is 262 g/mol. The summed E-state index contributed by atoms with van der Waals surface area (Å²) in [4.78, 5) is 24.6. The molecule has 1 fully saturated rings. The van der Waals surface area contributed by atoms with Crippen molar-refractivity contribution in [2.24, 2.45) is 0 Å². The van der Waals surface area contributed by atoms with Gasteiger partial charge >= 0.3 is 6.09 Å². The highest BCUT2D eigenvalue weighted by Gasteiger charge is 2.30. The molecule has 0 spiro atoms. The van der Waals surface area contributed by atoms with Gasteiger partial charge in [-0.15, -0.1) is 0 Å². The van der Waals surface area contributed by atoms with Crippen molar-refractivity contribution in [3.63, 3.8) is 0 Å². The Labute approximate surface area is 112 Å². The molecule has 5 heteroatoms. The van der Waals surface area contributed by atoms with E-state index in [0.29, 0.717) is 13.0 Å². The lowest BCUT2D eigenvalue weighted by molar-refractivity contribution is -0.125. The van der Waals surface area contributed by atoms with Crippen LogP contribution in [0.5, 0.6) is 0 Å². The molecule has 2 rings (SSSR count). The van der Waals surface area contributed by atoms with Crippen LogP contribution in [0.2, 0.25) is 0 Å². The van der Waals surface area contributed by atoms with E-state index in [0.717, 1.165) is 18.4 Å². The number of carboxylic acid groups (broad SMARTS) is 1. The summed E-state index contributed by atoms with van der Waals surface area (Å²) in [6.07, 6.45) is 1.31. The van der Waals surface area contributed by atoms with Crippen molar-refractivity contribution in [2.75, 3.05) is 6.54 Å². The van der Waals surface area contributed by atoms with E-state index in [1.165, 1.54) is 4.90 Å². The van der Waals surface area contributed by atoms with Crippen molar-refractivity contribution in [1.82, 2.24) is 10.2 Å². The number of benzene rings is 1. The maximum absolute atomic E-state index is 11.9. The molecule has 0 radical (unpaired) electrons. The number of carbonyl (C=O) groups is 2. The number of hydrogen-bond donors (Lipinski definition) is 2.